The molecule has 0 aliphatic carbocycles. The van der Waals surface area contributed by atoms with Gasteiger partial charge in [-0.15, -0.1) is 0 Å². The van der Waals surface area contributed by atoms with Crippen LogP contribution in [0.1, 0.15) is 174 Å². The van der Waals surface area contributed by atoms with Crippen molar-refractivity contribution in [2.45, 2.75) is 180 Å². The number of esters is 2. The largest absolute Gasteiger partial charge is 0.469 e. The summed E-state index contributed by atoms with van der Waals surface area (Å²) in [7, 11) is -4.75. The van der Waals surface area contributed by atoms with E-state index in [2.05, 4.69) is 54.8 Å². The van der Waals surface area contributed by atoms with E-state index in [9.17, 15) is 14.2 Å². The lowest BCUT2D eigenvalue weighted by Crippen LogP contribution is -2.29. The molecule has 0 aliphatic rings. The summed E-state index contributed by atoms with van der Waals surface area (Å²) < 4.78 is 26.3. The molecule has 2 N–H and O–H groups in total. The van der Waals surface area contributed by atoms with Crippen LogP contribution >= 0.6 is 7.82 Å². The number of hydrogen-bond donors (Lipinski definition) is 2. The van der Waals surface area contributed by atoms with E-state index in [-0.39, 0.29) is 19.4 Å². The van der Waals surface area contributed by atoms with Crippen LogP contribution < -0.4 is 0 Å². The maximum atomic E-state index is 12.3. The molecule has 0 fully saturated rings. The van der Waals surface area contributed by atoms with Gasteiger partial charge in [-0.25, -0.2) is 4.57 Å². The summed E-state index contributed by atoms with van der Waals surface area (Å²) in [5.74, 6) is -0.911. The molecule has 0 saturated carbocycles. The monoisotopic (exact) mass is 684 g/mol. The topological polar surface area (TPSA) is 119 Å². The lowest BCUT2D eigenvalue weighted by atomic mass is 10.1. The van der Waals surface area contributed by atoms with Crippen LogP contribution in [0.2, 0.25) is 0 Å². The average molecular weight is 685 g/mol. The first-order valence-corrected chi connectivity index (χ1v) is 20.3. The first-order chi connectivity index (χ1) is 22.8. The van der Waals surface area contributed by atoms with Crippen LogP contribution in [0.25, 0.3) is 0 Å². The van der Waals surface area contributed by atoms with Crippen molar-refractivity contribution < 1.29 is 37.9 Å². The molecule has 0 bridgehead atoms. The Hall–Kier alpha value is -1.73. The number of unbranched alkanes of at least 4 members (excludes halogenated alkanes) is 18. The molecule has 274 valence electrons. The zero-order valence-electron chi connectivity index (χ0n) is 29.9. The molecule has 1 atom stereocenters. The third-order valence-electron chi connectivity index (χ3n) is 7.88. The maximum Gasteiger partial charge on any atom is 0.469 e. The van der Waals surface area contributed by atoms with Gasteiger partial charge in [0.25, 0.3) is 0 Å². The Morgan fingerprint density at radius 1 is 0.553 bits per heavy atom. The Balaban J connectivity index is 4.00. The van der Waals surface area contributed by atoms with Gasteiger partial charge in [0.2, 0.25) is 0 Å². The molecule has 47 heavy (non-hydrogen) atoms. The number of phosphoric acid groups is 1. The van der Waals surface area contributed by atoms with Gasteiger partial charge < -0.3 is 19.3 Å². The molecular weight excluding hydrogens is 615 g/mol. The van der Waals surface area contributed by atoms with E-state index in [1.54, 1.807) is 0 Å². The number of phosphoric ester groups is 1. The second kappa shape index (κ2) is 34.1. The fourth-order valence-electron chi connectivity index (χ4n) is 5.03. The average Bonchev–Trinajstić information content (AvgIpc) is 3.03. The van der Waals surface area contributed by atoms with Crippen molar-refractivity contribution in [1.82, 2.24) is 0 Å². The van der Waals surface area contributed by atoms with Crippen molar-refractivity contribution in [1.29, 1.82) is 0 Å². The second-order valence-electron chi connectivity index (χ2n) is 12.5. The predicted octanol–water partition coefficient (Wildman–Crippen LogP) is 11.0. The van der Waals surface area contributed by atoms with Gasteiger partial charge in [0.15, 0.2) is 6.10 Å². The molecule has 0 aromatic carbocycles. The van der Waals surface area contributed by atoms with E-state index in [1.165, 1.54) is 57.8 Å². The van der Waals surface area contributed by atoms with Crippen molar-refractivity contribution in [3.8, 4) is 0 Å². The van der Waals surface area contributed by atoms with Crippen molar-refractivity contribution in [3.05, 3.63) is 36.5 Å². The molecule has 0 aromatic heterocycles. The minimum atomic E-state index is -4.75. The molecule has 0 saturated heterocycles. The van der Waals surface area contributed by atoms with Gasteiger partial charge in [-0.2, -0.15) is 0 Å². The molecule has 9 heteroatoms. The summed E-state index contributed by atoms with van der Waals surface area (Å²) in [5.41, 5.74) is 0. The summed E-state index contributed by atoms with van der Waals surface area (Å²) >= 11 is 0. The zero-order chi connectivity index (χ0) is 34.7. The van der Waals surface area contributed by atoms with Gasteiger partial charge in [-0.1, -0.05) is 134 Å². The van der Waals surface area contributed by atoms with Crippen LogP contribution in [0.5, 0.6) is 0 Å². The Bertz CT molecular complexity index is 864. The van der Waals surface area contributed by atoms with Crippen LogP contribution in [0, 0.1) is 0 Å². The van der Waals surface area contributed by atoms with Crippen LogP contribution in [-0.4, -0.2) is 41.0 Å². The summed E-state index contributed by atoms with van der Waals surface area (Å²) in [6.45, 7) is 3.61. The highest BCUT2D eigenvalue weighted by atomic mass is 31.2. The van der Waals surface area contributed by atoms with E-state index in [0.717, 1.165) is 77.0 Å². The van der Waals surface area contributed by atoms with Gasteiger partial charge in [0, 0.05) is 12.8 Å². The first-order valence-electron chi connectivity index (χ1n) is 18.8. The van der Waals surface area contributed by atoms with Gasteiger partial charge >= 0.3 is 19.8 Å². The number of ether oxygens (including phenoxy) is 2. The SMILES string of the molecule is CCCC/C=C/C/C=C/CCCCCCCC(=O)O[C@H](COC(=O)CCCCCCC/C=C/CCCCCCCC)COP(=O)(O)O. The van der Waals surface area contributed by atoms with E-state index < -0.39 is 32.5 Å². The molecule has 8 nitrogen and oxygen atoms in total. The summed E-state index contributed by atoms with van der Waals surface area (Å²) in [4.78, 5) is 42.7. The van der Waals surface area contributed by atoms with Crippen molar-refractivity contribution in [2.75, 3.05) is 13.2 Å². The molecule has 0 radical (unpaired) electrons. The van der Waals surface area contributed by atoms with Crippen LogP contribution in [-0.2, 0) is 28.2 Å². The number of carbonyl (C=O) groups excluding carboxylic acids is 2. The zero-order valence-corrected chi connectivity index (χ0v) is 30.8. The second-order valence-corrected chi connectivity index (χ2v) is 13.8. The predicted molar refractivity (Wildman–Crippen MR) is 193 cm³/mol. The normalized spacial score (nSPS) is 12.9. The maximum absolute atomic E-state index is 12.3. The van der Waals surface area contributed by atoms with Gasteiger partial charge in [0.1, 0.15) is 6.61 Å². The van der Waals surface area contributed by atoms with Crippen LogP contribution in [0.3, 0.4) is 0 Å². The summed E-state index contributed by atoms with van der Waals surface area (Å²) in [5, 5.41) is 0. The highest BCUT2D eigenvalue weighted by molar-refractivity contribution is 7.46. The van der Waals surface area contributed by atoms with Gasteiger partial charge in [-0.3, -0.25) is 14.1 Å². The molecular formula is C38H69O8P. The van der Waals surface area contributed by atoms with Crippen molar-refractivity contribution in [2.24, 2.45) is 0 Å². The Morgan fingerprint density at radius 2 is 0.979 bits per heavy atom. The molecule has 0 aromatic rings. The lowest BCUT2D eigenvalue weighted by Gasteiger charge is -2.18. The van der Waals surface area contributed by atoms with Gasteiger partial charge in [0.05, 0.1) is 6.61 Å². The van der Waals surface area contributed by atoms with E-state index in [4.69, 9.17) is 19.3 Å². The van der Waals surface area contributed by atoms with Crippen LogP contribution in [0.4, 0.5) is 0 Å². The molecule has 0 rings (SSSR count). The molecule has 0 unspecified atom stereocenters. The highest BCUT2D eigenvalue weighted by Gasteiger charge is 2.22. The quantitative estimate of drug-likeness (QED) is 0.0297. The lowest BCUT2D eigenvalue weighted by molar-refractivity contribution is -0.161. The molecule has 0 aliphatic heterocycles. The number of allylic oxidation sites excluding steroid dienone is 6. The van der Waals surface area contributed by atoms with Crippen molar-refractivity contribution in [3.63, 3.8) is 0 Å². The fourth-order valence-corrected chi connectivity index (χ4v) is 5.39. The standard InChI is InChI=1S/C38H69O8P/c1-3-5-7-9-11-13-15-17-19-21-22-24-26-28-30-32-37(39)44-34-36(35-45-47(41,42)43)46-38(40)33-31-29-27-25-23-20-18-16-14-12-10-8-6-4-2/h10,12,16-19,36H,3-9,11,13-15,20-35H2,1-2H3,(H2,41,42,43)/b12-10+,18-16+,19-17+/t36-/m1/s1. The number of carbonyl (C=O) groups is 2. The Labute approximate surface area is 287 Å². The first kappa shape index (κ1) is 45.3. The third-order valence-corrected chi connectivity index (χ3v) is 8.37. The molecule has 0 amide bonds. The minimum Gasteiger partial charge on any atom is -0.462 e. The summed E-state index contributed by atoms with van der Waals surface area (Å²) in [6.07, 6.45) is 38.6. The molecule has 0 heterocycles. The van der Waals surface area contributed by atoms with E-state index in [1.807, 2.05) is 0 Å². The van der Waals surface area contributed by atoms with Crippen LogP contribution in [0.15, 0.2) is 36.5 Å². The fraction of sp³-hybridized carbons (Fsp3) is 0.789. The third kappa shape index (κ3) is 36.9. The van der Waals surface area contributed by atoms with E-state index in [0.29, 0.717) is 12.8 Å². The smallest absolute Gasteiger partial charge is 0.462 e. The molecule has 0 spiro atoms. The van der Waals surface area contributed by atoms with Crippen molar-refractivity contribution >= 4 is 19.8 Å². The Morgan fingerprint density at radius 3 is 1.49 bits per heavy atom. The minimum absolute atomic E-state index is 0.194. The van der Waals surface area contributed by atoms with Gasteiger partial charge in [-0.05, 0) is 64.2 Å². The highest BCUT2D eigenvalue weighted by Crippen LogP contribution is 2.36. The number of rotatable bonds is 34. The summed E-state index contributed by atoms with van der Waals surface area (Å²) in [6, 6.07) is 0. The Kier molecular flexibility index (Phi) is 32.9. The number of hydrogen-bond acceptors (Lipinski definition) is 6. The van der Waals surface area contributed by atoms with E-state index >= 15 is 0 Å².